The molecule has 0 spiro atoms. The van der Waals surface area contributed by atoms with E-state index < -0.39 is 0 Å². The van der Waals surface area contributed by atoms with Gasteiger partial charge in [0.05, 0.1) is 0 Å². The number of pyridine rings is 3. The Morgan fingerprint density at radius 2 is 0.594 bits per heavy atom. The molecule has 0 saturated carbocycles. The van der Waals surface area contributed by atoms with Crippen LogP contribution in [0.5, 0.6) is 0 Å². The number of benzene rings is 9. The van der Waals surface area contributed by atoms with E-state index in [1.165, 1.54) is 183 Å². The minimum absolute atomic E-state index is 0.00144. The van der Waals surface area contributed by atoms with Crippen LogP contribution in [0.1, 0.15) is 167 Å². The SMILES string of the molecule is Cc1cc(-c2cc3c(cc2C)-c2c(ccc4ccccc24)C(C)(C)C3(C)C)[n+](C)cc1C.Cc1cc(-c2ccc3c(c2C)C(C)(C)C(C)(C)c2c-3ccc3ccccc23)[n+](C)cc1C.Cc1cc(-c2ccc3c(c2C)C(C)(C)C(C)(C)c2cc4ccccc4cc2-3)[n+](C)cc1C. The van der Waals surface area contributed by atoms with E-state index in [1.807, 2.05) is 0 Å². The standard InChI is InChI=1S/3C31H34N/c1-19-16-28(32(8)18-21(19)3)24-17-27-25(15-20(24)2)29-23-12-10-9-11-22(23)13-14-26(29)30(4,5)31(27,6)7;1-19-15-28(32(8)18-20(19)2)24-13-14-25-26-16-22-11-9-10-12-23(22)17-27(26)30(4,5)31(6,7)29(25)21(24)3;1-19-17-27(32(8)18-20(19)2)23-15-16-25-26-14-13-22-11-9-10-12-24(22)29(26)31(6,7)30(4,5)28(25)21(23)3/h3*9-18H,1-8H3/q3*+1. The van der Waals surface area contributed by atoms with Crippen molar-refractivity contribution in [1.29, 1.82) is 0 Å². The van der Waals surface area contributed by atoms with Crippen LogP contribution in [-0.2, 0) is 53.6 Å². The Morgan fingerprint density at radius 3 is 1.11 bits per heavy atom. The third kappa shape index (κ3) is 9.89. The van der Waals surface area contributed by atoms with Crippen LogP contribution in [-0.4, -0.2) is 0 Å². The topological polar surface area (TPSA) is 11.6 Å². The quantitative estimate of drug-likeness (QED) is 0.156. The van der Waals surface area contributed by atoms with Gasteiger partial charge < -0.3 is 0 Å². The van der Waals surface area contributed by atoms with Crippen molar-refractivity contribution < 1.29 is 13.7 Å². The molecule has 0 unspecified atom stereocenters. The summed E-state index contributed by atoms with van der Waals surface area (Å²) in [6.07, 6.45) is 6.75. The Morgan fingerprint density at radius 1 is 0.240 bits per heavy atom. The summed E-state index contributed by atoms with van der Waals surface area (Å²) >= 11 is 0. The van der Waals surface area contributed by atoms with Crippen molar-refractivity contribution >= 4 is 32.3 Å². The second-order valence-corrected chi connectivity index (χ2v) is 32.4. The lowest BCUT2D eigenvalue weighted by atomic mass is 9.54. The van der Waals surface area contributed by atoms with Crippen LogP contribution < -0.4 is 13.7 Å². The highest BCUT2D eigenvalue weighted by atomic mass is 14.9. The molecule has 0 radical (unpaired) electrons. The molecule has 3 nitrogen and oxygen atoms in total. The molecule has 0 aliphatic heterocycles. The van der Waals surface area contributed by atoms with Crippen molar-refractivity contribution in [3.05, 3.63) is 266 Å². The van der Waals surface area contributed by atoms with Gasteiger partial charge in [0.1, 0.15) is 21.1 Å². The number of hydrogen-bond acceptors (Lipinski definition) is 0. The van der Waals surface area contributed by atoms with Gasteiger partial charge in [0, 0.05) is 57.0 Å². The highest BCUT2D eigenvalue weighted by Crippen LogP contribution is 2.60. The lowest BCUT2D eigenvalue weighted by Crippen LogP contribution is -2.44. The van der Waals surface area contributed by atoms with Crippen molar-refractivity contribution in [3.63, 3.8) is 0 Å². The Labute approximate surface area is 574 Å². The molecule has 3 aliphatic carbocycles. The zero-order chi connectivity index (χ0) is 69.0. The zero-order valence-electron chi connectivity index (χ0n) is 62.2. The van der Waals surface area contributed by atoms with Crippen LogP contribution in [0.15, 0.2) is 182 Å². The molecule has 486 valence electrons. The van der Waals surface area contributed by atoms with Gasteiger partial charge in [-0.3, -0.25) is 0 Å². The molecule has 0 atom stereocenters. The highest BCUT2D eigenvalue weighted by Gasteiger charge is 2.50. The summed E-state index contributed by atoms with van der Waals surface area (Å²) in [4.78, 5) is 0. The third-order valence-corrected chi connectivity index (χ3v) is 25.5. The fraction of sp³-hybridized carbons (Fsp3) is 0.323. The van der Waals surface area contributed by atoms with Gasteiger partial charge in [-0.25, -0.2) is 13.7 Å². The number of aryl methyl sites for hydroxylation is 10. The van der Waals surface area contributed by atoms with Crippen molar-refractivity contribution in [3.8, 4) is 67.2 Å². The summed E-state index contributed by atoms with van der Waals surface area (Å²) in [7, 11) is 6.49. The normalized spacial score (nSPS) is 16.0. The number of nitrogens with zero attached hydrogens (tertiary/aromatic N) is 3. The first kappa shape index (κ1) is 65.9. The molecule has 3 aliphatic rings. The molecule has 12 aromatic rings. The van der Waals surface area contributed by atoms with Gasteiger partial charge in [0.25, 0.3) is 0 Å². The van der Waals surface area contributed by atoms with Crippen LogP contribution in [0.4, 0.5) is 0 Å². The first-order valence-electron chi connectivity index (χ1n) is 35.1. The molecule has 0 bridgehead atoms. The average Bonchev–Trinajstić information content (AvgIpc) is 0.713. The fourth-order valence-corrected chi connectivity index (χ4v) is 17.4. The summed E-state index contributed by atoms with van der Waals surface area (Å²) in [6, 6.07) is 62.0. The maximum absolute atomic E-state index is 2.49. The second kappa shape index (κ2) is 22.9. The van der Waals surface area contributed by atoms with E-state index in [9.17, 15) is 0 Å². The van der Waals surface area contributed by atoms with Crippen molar-refractivity contribution in [2.45, 2.75) is 178 Å². The molecule has 0 saturated heterocycles. The van der Waals surface area contributed by atoms with Crippen LogP contribution in [0.2, 0.25) is 0 Å². The van der Waals surface area contributed by atoms with Crippen LogP contribution in [0.25, 0.3) is 99.5 Å². The van der Waals surface area contributed by atoms with E-state index in [0.29, 0.717) is 0 Å². The number of fused-ring (bicyclic) bond motifs is 14. The Hall–Kier alpha value is -8.79. The second-order valence-electron chi connectivity index (χ2n) is 32.4. The first-order valence-corrected chi connectivity index (χ1v) is 35.1. The maximum atomic E-state index is 2.49. The molecule has 0 amide bonds. The average molecular weight is 1260 g/mol. The molecule has 15 rings (SSSR count). The zero-order valence-corrected chi connectivity index (χ0v) is 62.2. The number of rotatable bonds is 3. The first-order chi connectivity index (χ1) is 45.1. The number of hydrogen-bond donors (Lipinski definition) is 0. The van der Waals surface area contributed by atoms with Crippen molar-refractivity contribution in [2.24, 2.45) is 21.1 Å². The summed E-state index contributed by atoms with van der Waals surface area (Å²) in [5.74, 6) is 0. The molecule has 3 aromatic heterocycles. The van der Waals surface area contributed by atoms with Gasteiger partial charge in [-0.15, -0.1) is 0 Å². The summed E-state index contributed by atoms with van der Waals surface area (Å²) < 4.78 is 6.83. The van der Waals surface area contributed by atoms with E-state index in [4.69, 9.17) is 0 Å². The Bertz CT molecular complexity index is 5130. The molecule has 96 heavy (non-hydrogen) atoms. The van der Waals surface area contributed by atoms with Gasteiger partial charge in [0.15, 0.2) is 18.6 Å². The largest absolute Gasteiger partial charge is 0.212 e. The van der Waals surface area contributed by atoms with Gasteiger partial charge in [-0.05, 0) is 252 Å². The molecule has 0 fully saturated rings. The van der Waals surface area contributed by atoms with Gasteiger partial charge in [-0.1, -0.05) is 198 Å². The smallest absolute Gasteiger partial charge is 0.201 e. The Balaban J connectivity index is 0.000000130. The van der Waals surface area contributed by atoms with E-state index >= 15 is 0 Å². The highest BCUT2D eigenvalue weighted by molar-refractivity contribution is 6.02. The summed E-state index contributed by atoms with van der Waals surface area (Å²) in [6.45, 7) is 49.2. The number of aromatic nitrogens is 3. The maximum Gasteiger partial charge on any atom is 0.212 e. The fourth-order valence-electron chi connectivity index (χ4n) is 17.4. The van der Waals surface area contributed by atoms with Crippen LogP contribution in [0, 0.1) is 62.3 Å². The molecule has 9 aromatic carbocycles. The molecule has 0 N–H and O–H groups in total. The van der Waals surface area contributed by atoms with E-state index in [0.717, 1.165) is 0 Å². The third-order valence-electron chi connectivity index (χ3n) is 25.5. The van der Waals surface area contributed by atoms with Crippen LogP contribution >= 0.6 is 0 Å². The lowest BCUT2D eigenvalue weighted by molar-refractivity contribution is -0.660. The van der Waals surface area contributed by atoms with Gasteiger partial charge in [-0.2, -0.15) is 0 Å². The van der Waals surface area contributed by atoms with Crippen LogP contribution in [0.3, 0.4) is 0 Å². The van der Waals surface area contributed by atoms with E-state index in [2.05, 4.69) is 363 Å². The minimum atomic E-state index is -0.0160. The van der Waals surface area contributed by atoms with Gasteiger partial charge in [0.2, 0.25) is 17.1 Å². The van der Waals surface area contributed by atoms with Gasteiger partial charge >= 0.3 is 0 Å². The molecular formula is C93H102N3+3. The van der Waals surface area contributed by atoms with E-state index in [1.54, 1.807) is 0 Å². The lowest BCUT2D eigenvalue weighted by Gasteiger charge is -2.49. The van der Waals surface area contributed by atoms with Crippen molar-refractivity contribution in [2.75, 3.05) is 0 Å². The molecule has 3 heterocycles. The van der Waals surface area contributed by atoms with E-state index in [-0.39, 0.29) is 32.5 Å². The monoisotopic (exact) mass is 1260 g/mol. The predicted octanol–water partition coefficient (Wildman–Crippen LogP) is 22.5. The van der Waals surface area contributed by atoms with Crippen molar-refractivity contribution in [1.82, 2.24) is 0 Å². The Kier molecular flexibility index (Phi) is 15.7. The molecule has 3 heteroatoms. The molecular weight excluding hydrogens is 1160 g/mol. The predicted molar refractivity (Wildman–Crippen MR) is 409 cm³/mol. The summed E-state index contributed by atoms with van der Waals surface area (Å²) in [5.41, 5.74) is 37.2. The minimum Gasteiger partial charge on any atom is -0.201 e. The summed E-state index contributed by atoms with van der Waals surface area (Å²) in [5, 5.41) is 8.03.